The summed E-state index contributed by atoms with van der Waals surface area (Å²) in [6.07, 6.45) is 0. The molecule has 218 valence electrons. The van der Waals surface area contributed by atoms with Gasteiger partial charge in [-0.3, -0.25) is 0 Å². The Morgan fingerprint density at radius 2 is 1.04 bits per heavy atom. The van der Waals surface area contributed by atoms with E-state index in [0.29, 0.717) is 0 Å². The predicted molar refractivity (Wildman–Crippen MR) is 191 cm³/mol. The van der Waals surface area contributed by atoms with Crippen LogP contribution in [0.3, 0.4) is 0 Å². The lowest BCUT2D eigenvalue weighted by atomic mass is 9.82. The molecule has 0 aliphatic heterocycles. The van der Waals surface area contributed by atoms with Crippen LogP contribution in [0.15, 0.2) is 156 Å². The molecule has 2 heterocycles. The van der Waals surface area contributed by atoms with Crippen molar-refractivity contribution in [2.75, 3.05) is 0 Å². The fraction of sp³-hybridized carbons (Fsp3) is 0.0682. The first-order valence-electron chi connectivity index (χ1n) is 15.9. The van der Waals surface area contributed by atoms with Crippen molar-refractivity contribution in [1.29, 1.82) is 0 Å². The molecule has 0 fully saturated rings. The van der Waals surface area contributed by atoms with Gasteiger partial charge < -0.3 is 4.42 Å². The van der Waals surface area contributed by atoms with Gasteiger partial charge in [0.15, 0.2) is 0 Å². The van der Waals surface area contributed by atoms with Gasteiger partial charge in [0.05, 0.1) is 11.4 Å². The van der Waals surface area contributed by atoms with Gasteiger partial charge in [-0.25, -0.2) is 4.98 Å². The largest absolute Gasteiger partial charge is 0.455 e. The molecule has 0 amide bonds. The van der Waals surface area contributed by atoms with Crippen molar-refractivity contribution in [3.63, 3.8) is 0 Å². The average molecular weight is 590 g/mol. The van der Waals surface area contributed by atoms with E-state index in [0.717, 1.165) is 44.6 Å². The molecule has 9 rings (SSSR count). The number of hydrogen-bond donors (Lipinski definition) is 0. The lowest BCUT2D eigenvalue weighted by Crippen LogP contribution is -2.14. The van der Waals surface area contributed by atoms with Crippen LogP contribution >= 0.6 is 0 Å². The Labute approximate surface area is 268 Å². The van der Waals surface area contributed by atoms with Crippen LogP contribution in [0.1, 0.15) is 25.0 Å². The summed E-state index contributed by atoms with van der Waals surface area (Å²) < 4.78 is 6.59. The van der Waals surface area contributed by atoms with Crippen molar-refractivity contribution in [3.05, 3.63) is 163 Å². The second-order valence-electron chi connectivity index (χ2n) is 12.8. The van der Waals surface area contributed by atoms with Crippen LogP contribution < -0.4 is 0 Å². The Balaban J connectivity index is 1.25. The van der Waals surface area contributed by atoms with Crippen molar-refractivity contribution in [2.24, 2.45) is 0 Å². The first-order chi connectivity index (χ1) is 22.6. The zero-order chi connectivity index (χ0) is 30.8. The average Bonchev–Trinajstić information content (AvgIpc) is 3.60. The molecular weight excluding hydrogens is 558 g/mol. The molecule has 2 heteroatoms. The van der Waals surface area contributed by atoms with Crippen LogP contribution in [0.5, 0.6) is 0 Å². The molecule has 0 bridgehead atoms. The molecule has 1 aliphatic carbocycles. The van der Waals surface area contributed by atoms with Crippen LogP contribution in [0, 0.1) is 0 Å². The highest BCUT2D eigenvalue weighted by Crippen LogP contribution is 2.53. The van der Waals surface area contributed by atoms with Crippen LogP contribution in [0.4, 0.5) is 0 Å². The number of aromatic nitrogens is 1. The third-order valence-electron chi connectivity index (χ3n) is 9.70. The van der Waals surface area contributed by atoms with Gasteiger partial charge in [-0.2, -0.15) is 0 Å². The third kappa shape index (κ3) is 4.07. The van der Waals surface area contributed by atoms with Crippen LogP contribution in [0.2, 0.25) is 0 Å². The van der Waals surface area contributed by atoms with E-state index in [1.54, 1.807) is 0 Å². The summed E-state index contributed by atoms with van der Waals surface area (Å²) >= 11 is 0. The van der Waals surface area contributed by atoms with Crippen molar-refractivity contribution >= 4 is 21.9 Å². The van der Waals surface area contributed by atoms with Gasteiger partial charge >= 0.3 is 0 Å². The molecule has 2 aromatic heterocycles. The SMILES string of the molecule is CC1(C)c2ccc(-c3ccccc3-c3cc(-c4ccccc4)nc(-c4ccccc4)c3)cc2-c2c1ccc1c2oc2ccccc21. The highest BCUT2D eigenvalue weighted by molar-refractivity contribution is 6.12. The zero-order valence-electron chi connectivity index (χ0n) is 25.8. The summed E-state index contributed by atoms with van der Waals surface area (Å²) in [7, 11) is 0. The van der Waals surface area contributed by atoms with E-state index in [1.807, 2.05) is 18.2 Å². The molecule has 0 unspecified atom stereocenters. The smallest absolute Gasteiger partial charge is 0.143 e. The van der Waals surface area contributed by atoms with Gasteiger partial charge in [-0.1, -0.05) is 141 Å². The summed E-state index contributed by atoms with van der Waals surface area (Å²) in [5, 5.41) is 2.33. The Morgan fingerprint density at radius 3 is 1.74 bits per heavy atom. The van der Waals surface area contributed by atoms with Gasteiger partial charge in [-0.15, -0.1) is 0 Å². The maximum atomic E-state index is 6.59. The van der Waals surface area contributed by atoms with Gasteiger partial charge in [0, 0.05) is 32.9 Å². The lowest BCUT2D eigenvalue weighted by molar-refractivity contribution is 0.653. The number of benzene rings is 6. The molecular formula is C44H31NO. The van der Waals surface area contributed by atoms with E-state index in [9.17, 15) is 0 Å². The number of hydrogen-bond acceptors (Lipinski definition) is 2. The predicted octanol–water partition coefficient (Wildman–Crippen LogP) is 12.0. The Morgan fingerprint density at radius 1 is 0.457 bits per heavy atom. The second-order valence-corrected chi connectivity index (χ2v) is 12.8. The lowest BCUT2D eigenvalue weighted by Gasteiger charge is -2.21. The first-order valence-corrected chi connectivity index (χ1v) is 15.9. The van der Waals surface area contributed by atoms with Gasteiger partial charge in [0.1, 0.15) is 11.2 Å². The molecule has 0 N–H and O–H groups in total. The van der Waals surface area contributed by atoms with Crippen LogP contribution in [-0.4, -0.2) is 4.98 Å². The number of rotatable bonds is 4. The van der Waals surface area contributed by atoms with Crippen LogP contribution in [0.25, 0.3) is 77.8 Å². The normalized spacial score (nSPS) is 13.2. The van der Waals surface area contributed by atoms with Crippen molar-refractivity contribution < 1.29 is 4.42 Å². The summed E-state index contributed by atoms with van der Waals surface area (Å²) in [6.45, 7) is 4.65. The molecule has 1 aliphatic rings. The quantitative estimate of drug-likeness (QED) is 0.204. The summed E-state index contributed by atoms with van der Waals surface area (Å²) in [5.74, 6) is 0. The number of para-hydroxylation sites is 1. The zero-order valence-corrected chi connectivity index (χ0v) is 25.8. The summed E-state index contributed by atoms with van der Waals surface area (Å²) in [4.78, 5) is 5.13. The van der Waals surface area contributed by atoms with E-state index < -0.39 is 0 Å². The maximum absolute atomic E-state index is 6.59. The number of nitrogens with zero attached hydrogens (tertiary/aromatic N) is 1. The van der Waals surface area contributed by atoms with Crippen LogP contribution in [-0.2, 0) is 5.41 Å². The molecule has 6 aromatic carbocycles. The van der Waals surface area contributed by atoms with Gasteiger partial charge in [0.2, 0.25) is 0 Å². The highest BCUT2D eigenvalue weighted by Gasteiger charge is 2.38. The number of fused-ring (bicyclic) bond motifs is 7. The Kier molecular flexibility index (Phi) is 5.88. The Bertz CT molecular complexity index is 2380. The molecule has 0 saturated heterocycles. The second kappa shape index (κ2) is 10.2. The van der Waals surface area contributed by atoms with E-state index >= 15 is 0 Å². The molecule has 0 saturated carbocycles. The third-order valence-corrected chi connectivity index (χ3v) is 9.70. The standard InChI is InChI=1S/C44H31NO/c1-44(2)37-23-21-30(25-36(37)42-38(44)24-22-35-34-19-11-12-20-41(34)46-43(35)42)32-17-9-10-18-33(32)31-26-39(28-13-5-3-6-14-28)45-40(27-31)29-15-7-4-8-16-29/h3-27H,1-2H3. The molecule has 0 atom stereocenters. The fourth-order valence-electron chi connectivity index (χ4n) is 7.37. The van der Waals surface area contributed by atoms with Crippen molar-refractivity contribution in [2.45, 2.75) is 19.3 Å². The van der Waals surface area contributed by atoms with Gasteiger partial charge in [-0.05, 0) is 63.2 Å². The molecule has 2 nitrogen and oxygen atoms in total. The maximum Gasteiger partial charge on any atom is 0.143 e. The molecule has 8 aromatic rings. The fourth-order valence-corrected chi connectivity index (χ4v) is 7.37. The summed E-state index contributed by atoms with van der Waals surface area (Å²) in [5.41, 5.74) is 15.7. The minimum atomic E-state index is -0.129. The van der Waals surface area contributed by atoms with E-state index in [2.05, 4.69) is 147 Å². The topological polar surface area (TPSA) is 26.0 Å². The number of pyridine rings is 1. The minimum absolute atomic E-state index is 0.129. The van der Waals surface area contributed by atoms with Crippen molar-refractivity contribution in [1.82, 2.24) is 4.98 Å². The highest BCUT2D eigenvalue weighted by atomic mass is 16.3. The van der Waals surface area contributed by atoms with Gasteiger partial charge in [0.25, 0.3) is 0 Å². The van der Waals surface area contributed by atoms with E-state index in [1.165, 1.54) is 44.3 Å². The molecule has 0 radical (unpaired) electrons. The molecule has 46 heavy (non-hydrogen) atoms. The monoisotopic (exact) mass is 589 g/mol. The first kappa shape index (κ1) is 26.7. The van der Waals surface area contributed by atoms with E-state index in [-0.39, 0.29) is 5.41 Å². The van der Waals surface area contributed by atoms with E-state index in [4.69, 9.17) is 9.40 Å². The minimum Gasteiger partial charge on any atom is -0.455 e. The molecule has 0 spiro atoms. The Hall–Kier alpha value is -5.73. The van der Waals surface area contributed by atoms with Crippen molar-refractivity contribution in [3.8, 4) is 55.9 Å². The number of furan rings is 1. The summed E-state index contributed by atoms with van der Waals surface area (Å²) in [6, 6.07) is 54.0.